The first kappa shape index (κ1) is 20.8. The van der Waals surface area contributed by atoms with Crippen LogP contribution in [-0.2, 0) is 29.3 Å². The lowest BCUT2D eigenvalue weighted by Gasteiger charge is -2.43. The number of esters is 1. The molecule has 2 aliphatic carbocycles. The van der Waals surface area contributed by atoms with Gasteiger partial charge in [0.15, 0.2) is 0 Å². The van der Waals surface area contributed by atoms with Gasteiger partial charge in [-0.2, -0.15) is 18.3 Å². The van der Waals surface area contributed by atoms with Gasteiger partial charge in [0.25, 0.3) is 0 Å². The zero-order valence-electron chi connectivity index (χ0n) is 17.8. The molecule has 0 radical (unpaired) electrons. The summed E-state index contributed by atoms with van der Waals surface area (Å²) >= 11 is 0. The maximum Gasteiger partial charge on any atom is 0.421 e. The van der Waals surface area contributed by atoms with Gasteiger partial charge in [-0.15, -0.1) is 0 Å². The summed E-state index contributed by atoms with van der Waals surface area (Å²) in [5.74, 6) is -1.74. The van der Waals surface area contributed by atoms with Gasteiger partial charge in [0.05, 0.1) is 24.4 Å². The van der Waals surface area contributed by atoms with Gasteiger partial charge in [-0.3, -0.25) is 9.67 Å². The molecular formula is C23H22F3N3O3. The van der Waals surface area contributed by atoms with Crippen molar-refractivity contribution >= 4 is 5.97 Å². The predicted molar refractivity (Wildman–Crippen MR) is 108 cm³/mol. The van der Waals surface area contributed by atoms with Gasteiger partial charge in [0.2, 0.25) is 5.76 Å². The number of ether oxygens (including phenoxy) is 1. The lowest BCUT2D eigenvalue weighted by molar-refractivity contribution is -0.138. The van der Waals surface area contributed by atoms with Gasteiger partial charge in [-0.25, -0.2) is 4.79 Å². The van der Waals surface area contributed by atoms with Gasteiger partial charge in [0, 0.05) is 29.8 Å². The van der Waals surface area contributed by atoms with Crippen LogP contribution in [0.25, 0.3) is 11.3 Å². The maximum absolute atomic E-state index is 14.1. The number of halogens is 3. The molecule has 32 heavy (non-hydrogen) atoms. The first-order valence-corrected chi connectivity index (χ1v) is 10.6. The highest BCUT2D eigenvalue weighted by atomic mass is 19.4. The van der Waals surface area contributed by atoms with Crippen LogP contribution in [0.2, 0.25) is 0 Å². The van der Waals surface area contributed by atoms with E-state index in [1.165, 1.54) is 6.92 Å². The lowest BCUT2D eigenvalue weighted by atomic mass is 9.59. The van der Waals surface area contributed by atoms with Crippen LogP contribution < -0.4 is 0 Å². The van der Waals surface area contributed by atoms with E-state index >= 15 is 0 Å². The smallest absolute Gasteiger partial charge is 0.421 e. The zero-order valence-corrected chi connectivity index (χ0v) is 17.8. The predicted octanol–water partition coefficient (Wildman–Crippen LogP) is 5.07. The molecule has 168 valence electrons. The minimum Gasteiger partial charge on any atom is -0.460 e. The third kappa shape index (κ3) is 3.22. The molecule has 9 heteroatoms. The Kier molecular flexibility index (Phi) is 4.69. The number of alkyl halides is 3. The normalized spacial score (nSPS) is 16.4. The molecule has 0 unspecified atom stereocenters. The second kappa shape index (κ2) is 7.21. The van der Waals surface area contributed by atoms with Crippen molar-refractivity contribution < 1.29 is 27.1 Å². The van der Waals surface area contributed by atoms with Crippen molar-refractivity contribution in [1.29, 1.82) is 0 Å². The molecule has 0 bridgehead atoms. The summed E-state index contributed by atoms with van der Waals surface area (Å²) in [6.45, 7) is 3.76. The number of aromatic nitrogens is 3. The largest absolute Gasteiger partial charge is 0.460 e. The fourth-order valence-corrected chi connectivity index (χ4v) is 4.75. The molecule has 3 aromatic rings. The fraction of sp³-hybridized carbons (Fsp3) is 0.435. The Bertz CT molecular complexity index is 1190. The SMILES string of the molecule is CCOC(=O)c1oc2c(c1C(F)(F)F)-c1nn(Cc3ccc(C)cn3)cc1C1(CCC1)C2. The van der Waals surface area contributed by atoms with Crippen LogP contribution in [0.5, 0.6) is 0 Å². The molecule has 3 heterocycles. The second-order valence-electron chi connectivity index (χ2n) is 8.55. The molecule has 0 atom stereocenters. The third-order valence-corrected chi connectivity index (χ3v) is 6.40. The summed E-state index contributed by atoms with van der Waals surface area (Å²) in [6, 6.07) is 3.80. The molecule has 3 aromatic heterocycles. The molecule has 0 amide bonds. The maximum atomic E-state index is 14.1. The number of pyridine rings is 1. The van der Waals surface area contributed by atoms with E-state index in [-0.39, 0.29) is 29.0 Å². The zero-order chi connectivity index (χ0) is 22.7. The number of carbonyl (C=O) groups excluding carboxylic acids is 1. The first-order valence-electron chi connectivity index (χ1n) is 10.6. The van der Waals surface area contributed by atoms with Crippen LogP contribution in [0.4, 0.5) is 13.2 Å². The van der Waals surface area contributed by atoms with E-state index in [4.69, 9.17) is 9.15 Å². The van der Waals surface area contributed by atoms with E-state index in [0.717, 1.165) is 36.1 Å². The van der Waals surface area contributed by atoms with Gasteiger partial charge >= 0.3 is 12.1 Å². The molecule has 6 nitrogen and oxygen atoms in total. The molecule has 0 N–H and O–H groups in total. The van der Waals surface area contributed by atoms with Gasteiger partial charge in [0.1, 0.15) is 17.0 Å². The highest BCUT2D eigenvalue weighted by molar-refractivity contribution is 5.92. The summed E-state index contributed by atoms with van der Waals surface area (Å²) in [4.78, 5) is 16.7. The molecule has 1 fully saturated rings. The number of fused-ring (bicyclic) bond motifs is 4. The van der Waals surface area contributed by atoms with Crippen LogP contribution in [0, 0.1) is 6.92 Å². The first-order chi connectivity index (χ1) is 15.2. The highest BCUT2D eigenvalue weighted by Gasteiger charge is 2.52. The Hall–Kier alpha value is -3.10. The van der Waals surface area contributed by atoms with E-state index < -0.39 is 23.5 Å². The number of carbonyl (C=O) groups is 1. The van der Waals surface area contributed by atoms with Crippen LogP contribution in [0.3, 0.4) is 0 Å². The summed E-state index contributed by atoms with van der Waals surface area (Å²) < 4.78 is 54.4. The summed E-state index contributed by atoms with van der Waals surface area (Å²) in [5.41, 5.74) is 1.26. The molecule has 2 aliphatic rings. The van der Waals surface area contributed by atoms with E-state index in [1.807, 2.05) is 25.3 Å². The highest BCUT2D eigenvalue weighted by Crippen LogP contribution is 2.56. The summed E-state index contributed by atoms with van der Waals surface area (Å²) in [5, 5.41) is 4.54. The van der Waals surface area contributed by atoms with Gasteiger partial charge < -0.3 is 9.15 Å². The van der Waals surface area contributed by atoms with Crippen LogP contribution >= 0.6 is 0 Å². The van der Waals surface area contributed by atoms with E-state index in [0.29, 0.717) is 13.0 Å². The third-order valence-electron chi connectivity index (χ3n) is 6.40. The van der Waals surface area contributed by atoms with Crippen molar-refractivity contribution in [3.8, 4) is 11.3 Å². The van der Waals surface area contributed by atoms with Crippen LogP contribution in [-0.4, -0.2) is 27.3 Å². The Morgan fingerprint density at radius 2 is 2.09 bits per heavy atom. The number of aryl methyl sites for hydroxylation is 1. The van der Waals surface area contributed by atoms with Crippen molar-refractivity contribution in [3.05, 3.63) is 58.4 Å². The van der Waals surface area contributed by atoms with Crippen molar-refractivity contribution in [2.45, 2.75) is 57.7 Å². The minimum absolute atomic E-state index is 0.0468. The van der Waals surface area contributed by atoms with Crippen LogP contribution in [0.15, 0.2) is 28.9 Å². The second-order valence-corrected chi connectivity index (χ2v) is 8.55. The number of furan rings is 1. The molecule has 1 saturated carbocycles. The van der Waals surface area contributed by atoms with Crippen molar-refractivity contribution in [2.75, 3.05) is 6.61 Å². The Morgan fingerprint density at radius 1 is 1.31 bits per heavy atom. The van der Waals surface area contributed by atoms with Crippen molar-refractivity contribution in [3.63, 3.8) is 0 Å². The molecule has 0 aliphatic heterocycles. The fourth-order valence-electron chi connectivity index (χ4n) is 4.75. The Labute approximate surface area is 182 Å². The van der Waals surface area contributed by atoms with E-state index in [9.17, 15) is 18.0 Å². The van der Waals surface area contributed by atoms with E-state index in [2.05, 4.69) is 10.1 Å². The molecule has 0 saturated heterocycles. The average molecular weight is 445 g/mol. The Morgan fingerprint density at radius 3 is 2.69 bits per heavy atom. The monoisotopic (exact) mass is 445 g/mol. The standard InChI is InChI=1S/C23H22F3N3O3/c1-3-31-21(30)20-18(23(24,25)26)17-16(32-20)9-22(7-4-8-22)15-12-29(28-19(15)17)11-14-6-5-13(2)10-27-14/h5-6,10,12H,3-4,7-9,11H2,1-2H3. The molecule has 0 aromatic carbocycles. The molecule has 1 spiro atoms. The van der Waals surface area contributed by atoms with Gasteiger partial charge in [-0.1, -0.05) is 12.5 Å². The summed E-state index contributed by atoms with van der Waals surface area (Å²) in [6.07, 6.45) is 1.76. The quantitative estimate of drug-likeness (QED) is 0.525. The molecule has 5 rings (SSSR count). The summed E-state index contributed by atoms with van der Waals surface area (Å²) in [7, 11) is 0. The van der Waals surface area contributed by atoms with Crippen molar-refractivity contribution in [2.24, 2.45) is 0 Å². The van der Waals surface area contributed by atoms with Crippen LogP contribution in [0.1, 0.15) is 64.9 Å². The number of hydrogen-bond donors (Lipinski definition) is 0. The topological polar surface area (TPSA) is 70.2 Å². The van der Waals surface area contributed by atoms with Crippen molar-refractivity contribution in [1.82, 2.24) is 14.8 Å². The number of hydrogen-bond acceptors (Lipinski definition) is 5. The molecular weight excluding hydrogens is 423 g/mol. The Balaban J connectivity index is 1.66. The lowest BCUT2D eigenvalue weighted by Crippen LogP contribution is -2.38. The van der Waals surface area contributed by atoms with Gasteiger partial charge in [-0.05, 0) is 38.3 Å². The number of nitrogens with zero attached hydrogens (tertiary/aromatic N) is 3. The average Bonchev–Trinajstić information content (AvgIpc) is 3.29. The number of rotatable bonds is 4. The van der Waals surface area contributed by atoms with E-state index in [1.54, 1.807) is 10.9 Å². The minimum atomic E-state index is -4.79.